The highest BCUT2D eigenvalue weighted by molar-refractivity contribution is 7.90. The molecule has 15 heavy (non-hydrogen) atoms. The summed E-state index contributed by atoms with van der Waals surface area (Å²) < 4.78 is 11.9. The molecule has 1 N–H and O–H groups in total. The zero-order chi connectivity index (χ0) is 10.4. The third-order valence-corrected chi connectivity index (χ3v) is 4.12. The summed E-state index contributed by atoms with van der Waals surface area (Å²) >= 11 is 4.94. The lowest BCUT2D eigenvalue weighted by molar-refractivity contribution is 0.593. The van der Waals surface area contributed by atoms with Crippen LogP contribution in [-0.4, -0.2) is 14.8 Å². The molecule has 0 saturated heterocycles. The van der Waals surface area contributed by atoms with Crippen LogP contribution < -0.4 is 0 Å². The summed E-state index contributed by atoms with van der Waals surface area (Å²) in [6.45, 7) is 0. The molecule has 0 aliphatic carbocycles. The monoisotopic (exact) mass is 238 g/mol. The van der Waals surface area contributed by atoms with Crippen LogP contribution in [0.2, 0.25) is 5.02 Å². The molecule has 3 rings (SSSR count). The van der Waals surface area contributed by atoms with E-state index in [-0.39, 0.29) is 0 Å². The van der Waals surface area contributed by atoms with Crippen LogP contribution in [0.25, 0.3) is 11.3 Å². The van der Waals surface area contributed by atoms with Crippen molar-refractivity contribution in [3.63, 3.8) is 0 Å². The lowest BCUT2D eigenvalue weighted by Crippen LogP contribution is -2.11. The molecule has 0 spiro atoms. The van der Waals surface area contributed by atoms with Crippen LogP contribution in [0, 0.1) is 0 Å². The SMILES string of the molecule is [O-][S+]1Cc2cn[nH]c2-c2cc(Cl)ccc21. The normalized spacial score (nSPS) is 18.4. The fourth-order valence-electron chi connectivity index (χ4n) is 1.77. The highest BCUT2D eigenvalue weighted by atomic mass is 35.5. The number of hydrogen-bond donors (Lipinski definition) is 1. The fourth-order valence-corrected chi connectivity index (χ4v) is 3.22. The first-order chi connectivity index (χ1) is 7.25. The van der Waals surface area contributed by atoms with E-state index in [1.165, 1.54) is 0 Å². The average Bonchev–Trinajstić information content (AvgIpc) is 2.65. The number of benzene rings is 1. The molecule has 1 aromatic heterocycles. The third-order valence-electron chi connectivity index (χ3n) is 2.46. The maximum atomic E-state index is 11.9. The maximum absolute atomic E-state index is 11.9. The Bertz CT molecular complexity index is 526. The van der Waals surface area contributed by atoms with Gasteiger partial charge in [0.25, 0.3) is 0 Å². The number of H-pyrrole nitrogens is 1. The molecule has 0 bridgehead atoms. The third kappa shape index (κ3) is 1.37. The summed E-state index contributed by atoms with van der Waals surface area (Å²) in [7, 11) is 0. The van der Waals surface area contributed by atoms with Gasteiger partial charge in [-0.25, -0.2) is 0 Å². The summed E-state index contributed by atoms with van der Waals surface area (Å²) in [6.07, 6.45) is 1.72. The van der Waals surface area contributed by atoms with Gasteiger partial charge in [0.1, 0.15) is 5.75 Å². The summed E-state index contributed by atoms with van der Waals surface area (Å²) in [5.74, 6) is 0.528. The van der Waals surface area contributed by atoms with E-state index in [9.17, 15) is 4.55 Å². The van der Waals surface area contributed by atoms with Gasteiger partial charge in [-0.1, -0.05) is 11.6 Å². The number of fused-ring (bicyclic) bond motifs is 3. The molecule has 0 saturated carbocycles. The van der Waals surface area contributed by atoms with E-state index in [2.05, 4.69) is 10.2 Å². The van der Waals surface area contributed by atoms with Crippen molar-refractivity contribution in [3.05, 3.63) is 35.0 Å². The van der Waals surface area contributed by atoms with Crippen LogP contribution in [-0.2, 0) is 16.9 Å². The zero-order valence-corrected chi connectivity index (χ0v) is 9.23. The smallest absolute Gasteiger partial charge is 0.162 e. The molecular weight excluding hydrogens is 232 g/mol. The van der Waals surface area contributed by atoms with Crippen molar-refractivity contribution < 1.29 is 4.55 Å². The Morgan fingerprint density at radius 1 is 1.47 bits per heavy atom. The molecule has 1 aliphatic heterocycles. The van der Waals surface area contributed by atoms with Gasteiger partial charge in [0, 0.05) is 10.6 Å². The Labute approximate surface area is 94.6 Å². The lowest BCUT2D eigenvalue weighted by atomic mass is 10.1. The van der Waals surface area contributed by atoms with Crippen LogP contribution >= 0.6 is 11.6 Å². The minimum atomic E-state index is -0.982. The van der Waals surface area contributed by atoms with E-state index in [0.717, 1.165) is 21.7 Å². The Hall–Kier alpha value is -0.970. The van der Waals surface area contributed by atoms with Gasteiger partial charge >= 0.3 is 0 Å². The van der Waals surface area contributed by atoms with Crippen molar-refractivity contribution in [2.24, 2.45) is 0 Å². The van der Waals surface area contributed by atoms with Gasteiger partial charge < -0.3 is 4.55 Å². The van der Waals surface area contributed by atoms with Gasteiger partial charge in [-0.3, -0.25) is 5.10 Å². The first-order valence-corrected chi connectivity index (χ1v) is 6.16. The second-order valence-corrected chi connectivity index (χ2v) is 5.26. The standard InChI is InChI=1S/C10H7ClN2OS/c11-7-1-2-9-8(3-7)10-6(4-12-13-10)5-15(9)14/h1-4H,5H2,(H,12,13). The van der Waals surface area contributed by atoms with Gasteiger partial charge in [0.2, 0.25) is 0 Å². The molecule has 1 unspecified atom stereocenters. The highest BCUT2D eigenvalue weighted by Crippen LogP contribution is 2.37. The van der Waals surface area contributed by atoms with E-state index in [0.29, 0.717) is 10.8 Å². The van der Waals surface area contributed by atoms with E-state index < -0.39 is 11.2 Å². The molecule has 1 atom stereocenters. The van der Waals surface area contributed by atoms with Crippen molar-refractivity contribution in [2.75, 3.05) is 0 Å². The number of rotatable bonds is 0. The molecule has 76 valence electrons. The first kappa shape index (κ1) is 9.27. The van der Waals surface area contributed by atoms with Gasteiger partial charge in [-0.15, -0.1) is 0 Å². The van der Waals surface area contributed by atoms with Crippen molar-refractivity contribution in [1.82, 2.24) is 10.2 Å². The molecule has 1 aliphatic rings. The summed E-state index contributed by atoms with van der Waals surface area (Å²) in [4.78, 5) is 0.830. The quantitative estimate of drug-likeness (QED) is 0.717. The number of nitrogens with zero attached hydrogens (tertiary/aromatic N) is 1. The van der Waals surface area contributed by atoms with Gasteiger partial charge in [0.05, 0.1) is 17.5 Å². The first-order valence-electron chi connectivity index (χ1n) is 4.46. The summed E-state index contributed by atoms with van der Waals surface area (Å²) in [6, 6.07) is 5.40. The van der Waals surface area contributed by atoms with Gasteiger partial charge in [-0.2, -0.15) is 5.10 Å². The maximum Gasteiger partial charge on any atom is 0.162 e. The molecule has 2 aromatic rings. The van der Waals surface area contributed by atoms with Crippen LogP contribution in [0.15, 0.2) is 29.3 Å². The number of halogens is 1. The lowest BCUT2D eigenvalue weighted by Gasteiger charge is -2.18. The minimum absolute atomic E-state index is 0.528. The van der Waals surface area contributed by atoms with Crippen molar-refractivity contribution in [3.8, 4) is 11.3 Å². The number of hydrogen-bond acceptors (Lipinski definition) is 2. The van der Waals surface area contributed by atoms with Crippen LogP contribution in [0.1, 0.15) is 5.56 Å². The number of aromatic amines is 1. The average molecular weight is 239 g/mol. The second-order valence-electron chi connectivity index (χ2n) is 3.40. The predicted molar refractivity (Wildman–Crippen MR) is 59.1 cm³/mol. The molecule has 0 radical (unpaired) electrons. The molecule has 5 heteroatoms. The van der Waals surface area contributed by atoms with Crippen molar-refractivity contribution in [2.45, 2.75) is 10.6 Å². The Morgan fingerprint density at radius 2 is 2.33 bits per heavy atom. The Balaban J connectivity index is 2.30. The Morgan fingerprint density at radius 3 is 3.20 bits per heavy atom. The minimum Gasteiger partial charge on any atom is -0.611 e. The number of nitrogens with one attached hydrogen (secondary N) is 1. The van der Waals surface area contributed by atoms with E-state index in [1.807, 2.05) is 12.1 Å². The van der Waals surface area contributed by atoms with Crippen LogP contribution in [0.5, 0.6) is 0 Å². The topological polar surface area (TPSA) is 51.7 Å². The summed E-state index contributed by atoms with van der Waals surface area (Å²) in [5.41, 5.74) is 2.83. The Kier molecular flexibility index (Phi) is 2.02. The largest absolute Gasteiger partial charge is 0.611 e. The molecule has 2 heterocycles. The van der Waals surface area contributed by atoms with E-state index in [4.69, 9.17) is 11.6 Å². The van der Waals surface area contributed by atoms with Crippen LogP contribution in [0.3, 0.4) is 0 Å². The van der Waals surface area contributed by atoms with E-state index in [1.54, 1.807) is 12.3 Å². The zero-order valence-electron chi connectivity index (χ0n) is 7.66. The highest BCUT2D eigenvalue weighted by Gasteiger charge is 2.28. The fraction of sp³-hybridized carbons (Fsp3) is 0.100. The van der Waals surface area contributed by atoms with Crippen LogP contribution in [0.4, 0.5) is 0 Å². The van der Waals surface area contributed by atoms with Crippen molar-refractivity contribution in [1.29, 1.82) is 0 Å². The molecule has 0 fully saturated rings. The molecule has 0 amide bonds. The second kappa shape index (κ2) is 3.27. The summed E-state index contributed by atoms with van der Waals surface area (Å²) in [5, 5.41) is 7.53. The predicted octanol–water partition coefficient (Wildman–Crippen LogP) is 2.35. The number of aromatic nitrogens is 2. The molecule has 1 aromatic carbocycles. The molecular formula is C10H7ClN2OS. The van der Waals surface area contributed by atoms with Crippen molar-refractivity contribution >= 4 is 22.8 Å². The van der Waals surface area contributed by atoms with Gasteiger partial charge in [0.15, 0.2) is 4.90 Å². The molecule has 3 nitrogen and oxygen atoms in total. The van der Waals surface area contributed by atoms with Gasteiger partial charge in [-0.05, 0) is 29.4 Å². The van der Waals surface area contributed by atoms with E-state index >= 15 is 0 Å².